The fourth-order valence-corrected chi connectivity index (χ4v) is 3.59. The van der Waals surface area contributed by atoms with Gasteiger partial charge in [-0.2, -0.15) is 0 Å². The maximum Gasteiger partial charge on any atom is 0.223 e. The first kappa shape index (κ1) is 18.4. The number of anilines is 1. The van der Waals surface area contributed by atoms with Gasteiger partial charge in [-0.05, 0) is 51.3 Å². The highest BCUT2D eigenvalue weighted by Gasteiger charge is 2.29. The third-order valence-corrected chi connectivity index (χ3v) is 4.67. The molecule has 3 rings (SSSR count). The van der Waals surface area contributed by atoms with Gasteiger partial charge in [0.25, 0.3) is 0 Å². The Kier molecular flexibility index (Phi) is 5.57. The van der Waals surface area contributed by atoms with E-state index >= 15 is 0 Å². The predicted octanol–water partition coefficient (Wildman–Crippen LogP) is 3.49. The zero-order chi connectivity index (χ0) is 18.6. The third kappa shape index (κ3) is 4.82. The Hall–Kier alpha value is -2.40. The number of nitrogens with two attached hydrogens (primary N) is 1. The molecule has 5 heteroatoms. The van der Waals surface area contributed by atoms with Crippen molar-refractivity contribution in [3.05, 3.63) is 54.4 Å². The normalized spacial score (nSPS) is 19.0. The number of hydrogen-bond acceptors (Lipinski definition) is 5. The van der Waals surface area contributed by atoms with Crippen molar-refractivity contribution >= 4 is 5.95 Å². The van der Waals surface area contributed by atoms with Crippen molar-refractivity contribution in [3.63, 3.8) is 0 Å². The number of benzene rings is 1. The highest BCUT2D eigenvalue weighted by Crippen LogP contribution is 2.26. The molecule has 138 valence electrons. The van der Waals surface area contributed by atoms with Crippen LogP contribution in [-0.2, 0) is 6.42 Å². The van der Waals surface area contributed by atoms with Crippen LogP contribution in [0, 0.1) is 0 Å². The van der Waals surface area contributed by atoms with E-state index in [4.69, 9.17) is 10.7 Å². The number of aryl methyl sites for hydroxylation is 1. The lowest BCUT2D eigenvalue weighted by Crippen LogP contribution is -2.48. The van der Waals surface area contributed by atoms with Crippen molar-refractivity contribution in [1.82, 2.24) is 15.3 Å². The van der Waals surface area contributed by atoms with E-state index in [0.717, 1.165) is 49.2 Å². The van der Waals surface area contributed by atoms with Crippen LogP contribution in [0.3, 0.4) is 0 Å². The summed E-state index contributed by atoms with van der Waals surface area (Å²) >= 11 is 0. The van der Waals surface area contributed by atoms with E-state index in [0.29, 0.717) is 5.95 Å². The van der Waals surface area contributed by atoms with Crippen molar-refractivity contribution in [2.75, 3.05) is 11.9 Å². The maximum absolute atomic E-state index is 5.58. The summed E-state index contributed by atoms with van der Waals surface area (Å²) in [5.74, 6) is 0.671. The summed E-state index contributed by atoms with van der Waals surface area (Å²) in [6.45, 7) is 9.20. The Morgan fingerprint density at radius 1 is 1.27 bits per heavy atom. The average molecular weight is 351 g/mol. The molecule has 1 aliphatic heterocycles. The molecule has 2 heterocycles. The average Bonchev–Trinajstić information content (AvgIpc) is 2.59. The van der Waals surface area contributed by atoms with E-state index in [1.165, 1.54) is 5.56 Å². The molecule has 0 bridgehead atoms. The molecule has 0 spiro atoms. The fraction of sp³-hybridized carbons (Fsp3) is 0.429. The molecule has 1 aromatic carbocycles. The molecule has 2 aromatic rings. The lowest BCUT2D eigenvalue weighted by molar-refractivity contribution is 0.324. The van der Waals surface area contributed by atoms with Gasteiger partial charge in [0.15, 0.2) is 0 Å². The monoisotopic (exact) mass is 351 g/mol. The minimum atomic E-state index is 0.0317. The minimum Gasteiger partial charge on any atom is -0.384 e. The molecule has 1 aromatic heterocycles. The van der Waals surface area contributed by atoms with Gasteiger partial charge in [0, 0.05) is 35.5 Å². The van der Waals surface area contributed by atoms with Crippen molar-refractivity contribution < 1.29 is 0 Å². The molecule has 0 radical (unpaired) electrons. The van der Waals surface area contributed by atoms with Crippen molar-refractivity contribution in [3.8, 4) is 11.3 Å². The van der Waals surface area contributed by atoms with Gasteiger partial charge in [0.2, 0.25) is 5.95 Å². The van der Waals surface area contributed by atoms with Crippen LogP contribution in [0.1, 0.15) is 38.7 Å². The smallest absolute Gasteiger partial charge is 0.223 e. The van der Waals surface area contributed by atoms with Gasteiger partial charge < -0.3 is 16.4 Å². The van der Waals surface area contributed by atoms with Gasteiger partial charge in [-0.1, -0.05) is 30.8 Å². The van der Waals surface area contributed by atoms with E-state index in [1.807, 2.05) is 12.3 Å². The van der Waals surface area contributed by atoms with Crippen molar-refractivity contribution in [2.24, 2.45) is 5.73 Å². The largest absolute Gasteiger partial charge is 0.384 e. The number of aromatic nitrogens is 2. The first-order valence-electron chi connectivity index (χ1n) is 9.30. The Labute approximate surface area is 156 Å². The van der Waals surface area contributed by atoms with Gasteiger partial charge in [-0.3, -0.25) is 0 Å². The SMILES string of the molecule is C=C1CC(Nc2nccc(-c3ccc(CCCN)cc3)n2)CC(C)(C)N1. The molecule has 1 atom stereocenters. The number of piperidine rings is 1. The number of rotatable bonds is 6. The van der Waals surface area contributed by atoms with Crippen LogP contribution in [0.15, 0.2) is 48.8 Å². The summed E-state index contributed by atoms with van der Waals surface area (Å²) in [6.07, 6.45) is 5.72. The van der Waals surface area contributed by atoms with Crippen LogP contribution in [-0.4, -0.2) is 28.1 Å². The molecular formula is C21H29N5. The summed E-state index contributed by atoms with van der Waals surface area (Å²) in [5.41, 5.74) is 10.0. The molecule has 1 unspecified atom stereocenters. The molecule has 0 aliphatic carbocycles. The van der Waals surface area contributed by atoms with Crippen LogP contribution >= 0.6 is 0 Å². The van der Waals surface area contributed by atoms with Gasteiger partial charge in [-0.25, -0.2) is 9.97 Å². The van der Waals surface area contributed by atoms with Crippen molar-refractivity contribution in [2.45, 2.75) is 51.1 Å². The Balaban J connectivity index is 1.71. The second kappa shape index (κ2) is 7.87. The predicted molar refractivity (Wildman–Crippen MR) is 108 cm³/mol. The maximum atomic E-state index is 5.58. The Bertz CT molecular complexity index is 751. The topological polar surface area (TPSA) is 75.9 Å². The number of nitrogens with zero attached hydrogens (tertiary/aromatic N) is 2. The van der Waals surface area contributed by atoms with Gasteiger partial charge >= 0.3 is 0 Å². The first-order valence-corrected chi connectivity index (χ1v) is 9.30. The molecule has 1 fully saturated rings. The molecular weight excluding hydrogens is 322 g/mol. The molecule has 0 saturated carbocycles. The molecule has 1 saturated heterocycles. The third-order valence-electron chi connectivity index (χ3n) is 4.67. The standard InChI is InChI=1S/C21H29N5/c1-15-13-18(14-21(2,3)26-15)24-20-23-12-10-19(25-20)17-8-6-16(7-9-17)5-4-11-22/h6-10,12,18,26H,1,4-5,11,13-14,22H2,2-3H3,(H,23,24,25). The van der Waals surface area contributed by atoms with Gasteiger partial charge in [-0.15, -0.1) is 0 Å². The summed E-state index contributed by atoms with van der Waals surface area (Å²) < 4.78 is 0. The summed E-state index contributed by atoms with van der Waals surface area (Å²) in [5, 5.41) is 6.92. The molecule has 5 nitrogen and oxygen atoms in total. The van der Waals surface area contributed by atoms with Crippen LogP contribution in [0.4, 0.5) is 5.95 Å². The number of nitrogens with one attached hydrogen (secondary N) is 2. The van der Waals surface area contributed by atoms with Crippen LogP contribution in [0.5, 0.6) is 0 Å². The minimum absolute atomic E-state index is 0.0317. The van der Waals surface area contributed by atoms with E-state index in [9.17, 15) is 0 Å². The summed E-state index contributed by atoms with van der Waals surface area (Å²) in [4.78, 5) is 9.11. The second-order valence-electron chi connectivity index (χ2n) is 7.72. The highest BCUT2D eigenvalue weighted by atomic mass is 15.1. The Morgan fingerprint density at radius 2 is 2.04 bits per heavy atom. The Morgan fingerprint density at radius 3 is 2.73 bits per heavy atom. The zero-order valence-corrected chi connectivity index (χ0v) is 15.8. The lowest BCUT2D eigenvalue weighted by Gasteiger charge is -2.38. The van der Waals surface area contributed by atoms with E-state index in [1.54, 1.807) is 0 Å². The lowest BCUT2D eigenvalue weighted by atomic mass is 9.88. The van der Waals surface area contributed by atoms with Crippen LogP contribution in [0.25, 0.3) is 11.3 Å². The molecule has 26 heavy (non-hydrogen) atoms. The molecule has 1 aliphatic rings. The summed E-state index contributed by atoms with van der Waals surface area (Å²) in [7, 11) is 0. The van der Waals surface area contributed by atoms with E-state index < -0.39 is 0 Å². The molecule has 4 N–H and O–H groups in total. The highest BCUT2D eigenvalue weighted by molar-refractivity contribution is 5.60. The van der Waals surface area contributed by atoms with Gasteiger partial charge in [0.05, 0.1) is 5.69 Å². The van der Waals surface area contributed by atoms with E-state index in [-0.39, 0.29) is 11.6 Å². The van der Waals surface area contributed by atoms with Crippen LogP contribution in [0.2, 0.25) is 0 Å². The zero-order valence-electron chi connectivity index (χ0n) is 15.8. The quantitative estimate of drug-likeness (QED) is 0.743. The summed E-state index contributed by atoms with van der Waals surface area (Å²) in [6, 6.07) is 10.8. The van der Waals surface area contributed by atoms with Gasteiger partial charge in [0.1, 0.15) is 0 Å². The van der Waals surface area contributed by atoms with Crippen molar-refractivity contribution in [1.29, 1.82) is 0 Å². The number of hydrogen-bond donors (Lipinski definition) is 3. The van der Waals surface area contributed by atoms with E-state index in [2.05, 4.69) is 60.3 Å². The van der Waals surface area contributed by atoms with Crippen LogP contribution < -0.4 is 16.4 Å². The molecule has 0 amide bonds. The fourth-order valence-electron chi connectivity index (χ4n) is 3.59. The second-order valence-corrected chi connectivity index (χ2v) is 7.72. The first-order chi connectivity index (χ1) is 12.4.